The summed E-state index contributed by atoms with van der Waals surface area (Å²) in [5.41, 5.74) is 7.32. The number of carbonyl (C=O) groups excluding carboxylic acids is 2. The molecule has 5 aromatic rings. The number of nitrogens with one attached hydrogen (secondary N) is 3. The van der Waals surface area contributed by atoms with Gasteiger partial charge in [-0.1, -0.05) is 29.8 Å². The van der Waals surface area contributed by atoms with Crippen molar-refractivity contribution in [2.75, 3.05) is 18.9 Å². The highest BCUT2D eigenvalue weighted by atomic mass is 35.5. The van der Waals surface area contributed by atoms with Crippen molar-refractivity contribution in [1.29, 1.82) is 0 Å². The van der Waals surface area contributed by atoms with Gasteiger partial charge >= 0.3 is 0 Å². The largest absolute Gasteiger partial charge is 0.494 e. The molecule has 0 fully saturated rings. The third-order valence-corrected chi connectivity index (χ3v) is 9.04. The van der Waals surface area contributed by atoms with Crippen LogP contribution in [-0.4, -0.2) is 40.3 Å². The predicted octanol–water partition coefficient (Wildman–Crippen LogP) is 7.80. The molecule has 0 bridgehead atoms. The van der Waals surface area contributed by atoms with Gasteiger partial charge in [0.25, 0.3) is 11.8 Å². The third kappa shape index (κ3) is 7.37. The topological polar surface area (TPSA) is 88.2 Å². The number of hydrogen-bond donors (Lipinski definition) is 3. The summed E-state index contributed by atoms with van der Waals surface area (Å²) in [4.78, 5) is 29.5. The second kappa shape index (κ2) is 14.3. The first-order valence-electron chi connectivity index (χ1n) is 14.8. The van der Waals surface area contributed by atoms with Crippen molar-refractivity contribution in [3.8, 4) is 11.4 Å². The number of hydrogen-bond acceptors (Lipinski definition) is 4. The molecule has 0 spiro atoms. The van der Waals surface area contributed by atoms with Crippen molar-refractivity contribution in [3.05, 3.63) is 117 Å². The van der Waals surface area contributed by atoms with Gasteiger partial charge in [-0.3, -0.25) is 14.3 Å². The fourth-order valence-electron chi connectivity index (χ4n) is 5.54. The maximum Gasteiger partial charge on any atom is 0.277 e. The SMILES string of the molecule is Cc1cc(OCCCc2c(C(=O)NSCCNC(=O)c3cc(C)n(-c4ccc(F)cc4)c3C)[nH]c3ccccc23)cc(C)c1Cl. The van der Waals surface area contributed by atoms with E-state index in [9.17, 15) is 14.0 Å². The first-order chi connectivity index (χ1) is 21.6. The highest BCUT2D eigenvalue weighted by molar-refractivity contribution is 7.97. The van der Waals surface area contributed by atoms with E-state index in [0.717, 1.165) is 61.9 Å². The lowest BCUT2D eigenvalue weighted by Gasteiger charge is -2.11. The number of para-hydroxylation sites is 1. The first kappa shape index (κ1) is 32.2. The normalized spacial score (nSPS) is 11.2. The smallest absolute Gasteiger partial charge is 0.277 e. The van der Waals surface area contributed by atoms with Gasteiger partial charge in [-0.25, -0.2) is 4.39 Å². The van der Waals surface area contributed by atoms with Crippen molar-refractivity contribution in [2.24, 2.45) is 0 Å². The molecule has 3 N–H and O–H groups in total. The Morgan fingerprint density at radius 1 is 0.978 bits per heavy atom. The zero-order chi connectivity index (χ0) is 32.1. The van der Waals surface area contributed by atoms with Crippen molar-refractivity contribution in [2.45, 2.75) is 40.5 Å². The standard InChI is InChI=1S/C35H36ClFN4O3S/c1-21-18-27(19-22(2)32(21)36)44-16-7-9-29-28-8-5-6-10-31(28)39-33(29)35(43)40-45-17-15-38-34(42)30-20-23(3)41(24(30)4)26-13-11-25(37)12-14-26/h5-6,8,10-14,18-20,39H,7,9,15-17H2,1-4H3,(H,38,42)(H,40,43). The van der Waals surface area contributed by atoms with Crippen LogP contribution in [0.15, 0.2) is 66.7 Å². The molecule has 2 aromatic heterocycles. The highest BCUT2D eigenvalue weighted by Crippen LogP contribution is 2.27. The summed E-state index contributed by atoms with van der Waals surface area (Å²) in [6.07, 6.45) is 1.39. The van der Waals surface area contributed by atoms with E-state index in [1.54, 1.807) is 12.1 Å². The molecule has 2 heterocycles. The number of benzene rings is 3. The van der Waals surface area contributed by atoms with Crippen LogP contribution in [0.2, 0.25) is 5.02 Å². The quantitative estimate of drug-likeness (QED) is 0.0953. The van der Waals surface area contributed by atoms with Crippen molar-refractivity contribution in [1.82, 2.24) is 19.6 Å². The van der Waals surface area contributed by atoms with E-state index in [2.05, 4.69) is 15.0 Å². The van der Waals surface area contributed by atoms with Crippen LogP contribution in [0.5, 0.6) is 5.75 Å². The van der Waals surface area contributed by atoms with E-state index in [1.807, 2.05) is 74.7 Å². The second-order valence-electron chi connectivity index (χ2n) is 11.0. The minimum Gasteiger partial charge on any atom is -0.494 e. The number of aromatic amines is 1. The Balaban J connectivity index is 1.14. The average molecular weight is 647 g/mol. The fourth-order valence-corrected chi connectivity index (χ4v) is 6.19. The Morgan fingerprint density at radius 3 is 2.42 bits per heavy atom. The lowest BCUT2D eigenvalue weighted by atomic mass is 10.1. The molecule has 10 heteroatoms. The number of nitrogens with zero attached hydrogens (tertiary/aromatic N) is 1. The molecule has 0 atom stereocenters. The zero-order valence-corrected chi connectivity index (χ0v) is 27.3. The van der Waals surface area contributed by atoms with Crippen LogP contribution in [0.4, 0.5) is 4.39 Å². The van der Waals surface area contributed by atoms with E-state index in [-0.39, 0.29) is 17.6 Å². The number of aromatic nitrogens is 2. The average Bonchev–Trinajstić information content (AvgIpc) is 3.54. The maximum absolute atomic E-state index is 13.4. The Kier molecular flexibility index (Phi) is 10.2. The van der Waals surface area contributed by atoms with Gasteiger partial charge in [-0.15, -0.1) is 0 Å². The Bertz CT molecular complexity index is 1830. The van der Waals surface area contributed by atoms with E-state index < -0.39 is 0 Å². The number of fused-ring (bicyclic) bond motifs is 1. The number of amides is 2. The molecule has 7 nitrogen and oxygen atoms in total. The van der Waals surface area contributed by atoms with Gasteiger partial charge in [-0.05, 0) is 118 Å². The number of rotatable bonds is 12. The summed E-state index contributed by atoms with van der Waals surface area (Å²) in [6.45, 7) is 8.56. The van der Waals surface area contributed by atoms with Crippen molar-refractivity contribution >= 4 is 46.3 Å². The molecule has 234 valence electrons. The van der Waals surface area contributed by atoms with Crippen LogP contribution < -0.4 is 14.8 Å². The van der Waals surface area contributed by atoms with Gasteiger partial charge in [0, 0.05) is 45.3 Å². The molecule has 0 aliphatic carbocycles. The fraction of sp³-hybridized carbons (Fsp3) is 0.257. The van der Waals surface area contributed by atoms with Gasteiger partial charge in [-0.2, -0.15) is 0 Å². The van der Waals surface area contributed by atoms with Gasteiger partial charge < -0.3 is 19.6 Å². The van der Waals surface area contributed by atoms with E-state index in [4.69, 9.17) is 16.3 Å². The first-order valence-corrected chi connectivity index (χ1v) is 16.1. The van der Waals surface area contributed by atoms with Gasteiger partial charge in [0.1, 0.15) is 17.3 Å². The second-order valence-corrected chi connectivity index (χ2v) is 12.3. The van der Waals surface area contributed by atoms with Crippen LogP contribution in [0.25, 0.3) is 16.6 Å². The molecule has 5 rings (SSSR count). The van der Waals surface area contributed by atoms with Crippen LogP contribution in [-0.2, 0) is 6.42 Å². The maximum atomic E-state index is 13.4. The molecule has 2 amide bonds. The van der Waals surface area contributed by atoms with E-state index in [0.29, 0.717) is 36.6 Å². The number of ether oxygens (including phenoxy) is 1. The van der Waals surface area contributed by atoms with Crippen LogP contribution >= 0.6 is 23.5 Å². The molecule has 0 unspecified atom stereocenters. The Labute approximate surface area is 271 Å². The monoisotopic (exact) mass is 646 g/mol. The summed E-state index contributed by atoms with van der Waals surface area (Å²) >= 11 is 7.52. The van der Waals surface area contributed by atoms with E-state index >= 15 is 0 Å². The Hall–Kier alpha value is -4.21. The highest BCUT2D eigenvalue weighted by Gasteiger charge is 2.19. The molecular weight excluding hydrogens is 611 g/mol. The summed E-state index contributed by atoms with van der Waals surface area (Å²) in [5.74, 6) is 0.537. The molecule has 3 aromatic carbocycles. The zero-order valence-electron chi connectivity index (χ0n) is 25.7. The molecule has 0 aliphatic rings. The van der Waals surface area contributed by atoms with Crippen molar-refractivity contribution in [3.63, 3.8) is 0 Å². The van der Waals surface area contributed by atoms with Gasteiger partial charge in [0.2, 0.25) is 0 Å². The number of H-pyrrole nitrogens is 1. The summed E-state index contributed by atoms with van der Waals surface area (Å²) in [7, 11) is 0. The lowest BCUT2D eigenvalue weighted by Crippen LogP contribution is -2.27. The minimum absolute atomic E-state index is 0.201. The predicted molar refractivity (Wildman–Crippen MR) is 180 cm³/mol. The summed E-state index contributed by atoms with van der Waals surface area (Å²) in [6, 6.07) is 19.7. The molecule has 0 radical (unpaired) electrons. The summed E-state index contributed by atoms with van der Waals surface area (Å²) < 4.78 is 24.2. The number of halogens is 2. The minimum atomic E-state index is -0.311. The van der Waals surface area contributed by atoms with Crippen LogP contribution in [0.3, 0.4) is 0 Å². The summed E-state index contributed by atoms with van der Waals surface area (Å²) in [5, 5.41) is 4.69. The lowest BCUT2D eigenvalue weighted by molar-refractivity contribution is 0.0954. The molecule has 0 saturated heterocycles. The molecule has 0 saturated carbocycles. The van der Waals surface area contributed by atoms with Crippen LogP contribution in [0.1, 0.15) is 55.3 Å². The van der Waals surface area contributed by atoms with Crippen molar-refractivity contribution < 1.29 is 18.7 Å². The van der Waals surface area contributed by atoms with Crippen LogP contribution in [0, 0.1) is 33.5 Å². The number of carbonyl (C=O) groups is 2. The molecular formula is C35H36ClFN4O3S. The van der Waals surface area contributed by atoms with Gasteiger partial charge in [0.15, 0.2) is 0 Å². The number of aryl methyl sites for hydroxylation is 4. The Morgan fingerprint density at radius 2 is 1.69 bits per heavy atom. The molecule has 45 heavy (non-hydrogen) atoms. The molecule has 0 aliphatic heterocycles. The third-order valence-electron chi connectivity index (χ3n) is 7.71. The van der Waals surface area contributed by atoms with Gasteiger partial charge in [0.05, 0.1) is 12.2 Å². The van der Waals surface area contributed by atoms with E-state index in [1.165, 1.54) is 24.1 Å².